The second-order valence-corrected chi connectivity index (χ2v) is 17.5. The van der Waals surface area contributed by atoms with Crippen LogP contribution in [-0.2, 0) is 24.5 Å². The molecule has 2 aliphatic rings. The minimum absolute atomic E-state index is 0.0189. The van der Waals surface area contributed by atoms with Crippen molar-refractivity contribution in [3.63, 3.8) is 0 Å². The molecule has 4 aromatic rings. The van der Waals surface area contributed by atoms with Crippen molar-refractivity contribution in [2.24, 2.45) is 11.8 Å². The highest BCUT2D eigenvalue weighted by atomic mass is 35.5. The first-order valence-corrected chi connectivity index (χ1v) is 18.8. The number of carbonyl (C=O) groups is 1. The molecule has 2 saturated carbocycles. The van der Waals surface area contributed by atoms with Crippen molar-refractivity contribution in [1.82, 2.24) is 0 Å². The lowest BCUT2D eigenvalue weighted by Gasteiger charge is -2.48. The number of fused-ring (bicyclic) bond motifs is 1. The normalized spacial score (nSPS) is 25.5. The van der Waals surface area contributed by atoms with Gasteiger partial charge in [0, 0.05) is 29.2 Å². The Bertz CT molecular complexity index is 1920. The SMILES string of the molecule is Cc1ccc(C2CC3C(CC2S(=O)(=O)c2ccc(C)cc2)C(=O)CC(c2ccc(Cl)cc2)C3S(=O)(=O)c2ccc(C)cc2)cc1. The minimum Gasteiger partial charge on any atom is -0.299 e. The fourth-order valence-electron chi connectivity index (χ4n) is 7.47. The number of ketones is 1. The number of carbonyl (C=O) groups excluding carboxylic acids is 1. The van der Waals surface area contributed by atoms with Gasteiger partial charge in [-0.3, -0.25) is 4.79 Å². The lowest BCUT2D eigenvalue weighted by Crippen LogP contribution is -2.53. The van der Waals surface area contributed by atoms with E-state index in [-0.39, 0.29) is 34.8 Å². The molecule has 4 aromatic carbocycles. The van der Waals surface area contributed by atoms with Crippen LogP contribution in [0.25, 0.3) is 0 Å². The third-order valence-electron chi connectivity index (χ3n) is 9.89. The lowest BCUT2D eigenvalue weighted by molar-refractivity contribution is -0.128. The minimum atomic E-state index is -3.94. The summed E-state index contributed by atoms with van der Waals surface area (Å²) in [4.78, 5) is 14.5. The molecule has 2 aliphatic carbocycles. The summed E-state index contributed by atoms with van der Waals surface area (Å²) in [6.07, 6.45) is 0.353. The maximum Gasteiger partial charge on any atom is 0.182 e. The molecule has 2 fully saturated rings. The van der Waals surface area contributed by atoms with Crippen molar-refractivity contribution in [3.8, 4) is 0 Å². The lowest BCUT2D eigenvalue weighted by atomic mass is 9.61. The third-order valence-corrected chi connectivity index (χ3v) is 14.7. The van der Waals surface area contributed by atoms with Crippen LogP contribution < -0.4 is 0 Å². The first-order valence-electron chi connectivity index (χ1n) is 15.3. The molecule has 0 N–H and O–H groups in total. The summed E-state index contributed by atoms with van der Waals surface area (Å²) in [7, 11) is -7.79. The van der Waals surface area contributed by atoms with E-state index in [1.165, 1.54) is 0 Å². The number of aryl methyl sites for hydroxylation is 3. The zero-order valence-electron chi connectivity index (χ0n) is 25.6. The zero-order chi connectivity index (χ0) is 32.1. The van der Waals surface area contributed by atoms with E-state index in [1.807, 2.05) is 57.2 Å². The fraction of sp³-hybridized carbons (Fsp3) is 0.324. The number of Topliss-reactive ketones (excluding diaryl/α,β-unsaturated/α-hetero) is 1. The molecule has 5 nitrogen and oxygen atoms in total. The van der Waals surface area contributed by atoms with Crippen molar-refractivity contribution >= 4 is 37.1 Å². The predicted octanol–water partition coefficient (Wildman–Crippen LogP) is 7.82. The maximum absolute atomic E-state index is 14.7. The van der Waals surface area contributed by atoms with E-state index in [4.69, 9.17) is 11.6 Å². The molecular weight excluding hydrogens is 624 g/mol. The molecule has 0 heterocycles. The molecule has 8 heteroatoms. The van der Waals surface area contributed by atoms with Gasteiger partial charge in [-0.15, -0.1) is 0 Å². The van der Waals surface area contributed by atoms with Crippen LogP contribution in [-0.4, -0.2) is 33.1 Å². The van der Waals surface area contributed by atoms with Gasteiger partial charge in [0.2, 0.25) is 0 Å². The Morgan fingerprint density at radius 3 is 1.53 bits per heavy atom. The quantitative estimate of drug-likeness (QED) is 0.211. The van der Waals surface area contributed by atoms with Crippen LogP contribution in [0.2, 0.25) is 5.02 Å². The van der Waals surface area contributed by atoms with E-state index >= 15 is 0 Å². The van der Waals surface area contributed by atoms with Crippen LogP contribution >= 0.6 is 11.6 Å². The molecule has 0 spiro atoms. The standard InChI is InChI=1S/C37H37ClO5S2/c1-23-4-10-26(11-5-23)31-20-34-33(22-36(31)44(40,41)29-16-6-24(2)7-17-29)35(39)21-32(27-12-14-28(38)15-13-27)37(34)45(42,43)30-18-8-25(3)9-19-30/h4-19,31-34,36-37H,20-22H2,1-3H3. The largest absolute Gasteiger partial charge is 0.299 e. The number of sulfone groups is 2. The van der Waals surface area contributed by atoms with Crippen molar-refractivity contribution in [2.75, 3.05) is 0 Å². The van der Waals surface area contributed by atoms with Crippen molar-refractivity contribution in [3.05, 3.63) is 130 Å². The third kappa shape index (κ3) is 6.02. The molecule has 6 unspecified atom stereocenters. The smallest absolute Gasteiger partial charge is 0.182 e. The second kappa shape index (κ2) is 12.2. The molecule has 0 aliphatic heterocycles. The zero-order valence-corrected chi connectivity index (χ0v) is 27.9. The summed E-state index contributed by atoms with van der Waals surface area (Å²) in [5.41, 5.74) is 4.52. The molecule has 0 bridgehead atoms. The molecule has 0 aromatic heterocycles. The Labute approximate surface area is 271 Å². The number of hydrogen-bond donors (Lipinski definition) is 0. The molecule has 0 saturated heterocycles. The van der Waals surface area contributed by atoms with Gasteiger partial charge < -0.3 is 0 Å². The molecule has 6 atom stereocenters. The Morgan fingerprint density at radius 2 is 1.00 bits per heavy atom. The van der Waals surface area contributed by atoms with Crippen LogP contribution in [0.3, 0.4) is 0 Å². The van der Waals surface area contributed by atoms with Gasteiger partial charge in [0.1, 0.15) is 5.78 Å². The van der Waals surface area contributed by atoms with Crippen LogP contribution in [0, 0.1) is 32.6 Å². The van der Waals surface area contributed by atoms with Crippen molar-refractivity contribution < 1.29 is 21.6 Å². The molecule has 45 heavy (non-hydrogen) atoms. The highest BCUT2D eigenvalue weighted by molar-refractivity contribution is 7.92. The van der Waals surface area contributed by atoms with Gasteiger partial charge >= 0.3 is 0 Å². The van der Waals surface area contributed by atoms with E-state index in [1.54, 1.807) is 60.7 Å². The van der Waals surface area contributed by atoms with E-state index < -0.39 is 53.8 Å². The summed E-state index contributed by atoms with van der Waals surface area (Å²) in [5, 5.41) is -1.26. The van der Waals surface area contributed by atoms with Crippen LogP contribution in [0.5, 0.6) is 0 Å². The molecule has 0 amide bonds. The van der Waals surface area contributed by atoms with Gasteiger partial charge in [0.05, 0.1) is 20.3 Å². The van der Waals surface area contributed by atoms with Gasteiger partial charge in [-0.2, -0.15) is 0 Å². The highest BCUT2D eigenvalue weighted by Gasteiger charge is 2.56. The van der Waals surface area contributed by atoms with Gasteiger partial charge in [0.25, 0.3) is 0 Å². The van der Waals surface area contributed by atoms with E-state index in [9.17, 15) is 21.6 Å². The van der Waals surface area contributed by atoms with E-state index in [0.29, 0.717) is 5.02 Å². The summed E-state index contributed by atoms with van der Waals surface area (Å²) in [6, 6.07) is 28.6. The van der Waals surface area contributed by atoms with E-state index in [0.717, 1.165) is 27.8 Å². The monoisotopic (exact) mass is 660 g/mol. The van der Waals surface area contributed by atoms with Crippen LogP contribution in [0.4, 0.5) is 0 Å². The molecular formula is C37H37ClO5S2. The topological polar surface area (TPSA) is 85.3 Å². The Hall–Kier alpha value is -3.26. The number of hydrogen-bond acceptors (Lipinski definition) is 5. The molecule has 234 valence electrons. The van der Waals surface area contributed by atoms with Gasteiger partial charge in [-0.05, 0) is 87.1 Å². The fourth-order valence-corrected chi connectivity index (χ4v) is 11.9. The van der Waals surface area contributed by atoms with Gasteiger partial charge in [0.15, 0.2) is 19.7 Å². The summed E-state index contributed by atoms with van der Waals surface area (Å²) < 4.78 is 58.0. The highest BCUT2D eigenvalue weighted by Crippen LogP contribution is 2.54. The Balaban J connectivity index is 1.51. The average Bonchev–Trinajstić information content (AvgIpc) is 3.01. The Morgan fingerprint density at radius 1 is 0.556 bits per heavy atom. The number of halogens is 1. The molecule has 6 rings (SSSR count). The molecule has 0 radical (unpaired) electrons. The van der Waals surface area contributed by atoms with Gasteiger partial charge in [-0.1, -0.05) is 89.0 Å². The average molecular weight is 661 g/mol. The van der Waals surface area contributed by atoms with Crippen molar-refractivity contribution in [2.45, 2.75) is 72.2 Å². The summed E-state index contributed by atoms with van der Waals surface area (Å²) in [5.74, 6) is -2.45. The number of benzene rings is 4. The first-order chi connectivity index (χ1) is 21.4. The second-order valence-electron chi connectivity index (χ2n) is 12.8. The predicted molar refractivity (Wildman–Crippen MR) is 178 cm³/mol. The van der Waals surface area contributed by atoms with Crippen molar-refractivity contribution in [1.29, 1.82) is 0 Å². The van der Waals surface area contributed by atoms with Crippen LogP contribution in [0.15, 0.2) is 107 Å². The summed E-state index contributed by atoms with van der Waals surface area (Å²) >= 11 is 6.20. The Kier molecular flexibility index (Phi) is 8.57. The summed E-state index contributed by atoms with van der Waals surface area (Å²) in [6.45, 7) is 5.79. The number of rotatable bonds is 6. The maximum atomic E-state index is 14.7. The van der Waals surface area contributed by atoms with Crippen LogP contribution in [0.1, 0.15) is 58.9 Å². The van der Waals surface area contributed by atoms with Gasteiger partial charge in [-0.25, -0.2) is 16.8 Å². The first kappa shape index (κ1) is 31.7. The van der Waals surface area contributed by atoms with E-state index in [2.05, 4.69) is 0 Å².